The van der Waals surface area contributed by atoms with Gasteiger partial charge in [0.1, 0.15) is 5.82 Å². The first-order valence-electron chi connectivity index (χ1n) is 5.41. The first-order valence-corrected chi connectivity index (χ1v) is 5.41. The molecule has 5 nitrogen and oxygen atoms in total. The lowest BCUT2D eigenvalue weighted by Crippen LogP contribution is -2.05. The van der Waals surface area contributed by atoms with E-state index in [4.69, 9.17) is 5.73 Å². The van der Waals surface area contributed by atoms with Gasteiger partial charge in [0.05, 0.1) is 18.1 Å². The first-order chi connectivity index (χ1) is 8.74. The smallest absolute Gasteiger partial charge is 0.222 e. The number of anilines is 1. The maximum Gasteiger partial charge on any atom is 0.222 e. The van der Waals surface area contributed by atoms with Crippen molar-refractivity contribution in [3.8, 4) is 0 Å². The van der Waals surface area contributed by atoms with Crippen LogP contribution in [0.5, 0.6) is 0 Å². The van der Waals surface area contributed by atoms with E-state index in [1.54, 1.807) is 35.3 Å². The SMILES string of the molecule is Nc1ncc2cnn(Cc3ccccc3F)c2n1. The van der Waals surface area contributed by atoms with E-state index in [0.29, 0.717) is 17.8 Å². The monoisotopic (exact) mass is 243 g/mol. The summed E-state index contributed by atoms with van der Waals surface area (Å²) in [6.07, 6.45) is 3.23. The highest BCUT2D eigenvalue weighted by Crippen LogP contribution is 2.14. The Hall–Kier alpha value is -2.50. The molecule has 0 atom stereocenters. The van der Waals surface area contributed by atoms with Crippen molar-refractivity contribution >= 4 is 17.0 Å². The van der Waals surface area contributed by atoms with Crippen molar-refractivity contribution in [2.24, 2.45) is 0 Å². The molecule has 0 aliphatic rings. The molecular formula is C12H10FN5. The number of rotatable bonds is 2. The van der Waals surface area contributed by atoms with Crippen LogP contribution < -0.4 is 5.73 Å². The molecule has 0 aliphatic heterocycles. The molecule has 0 spiro atoms. The van der Waals surface area contributed by atoms with Gasteiger partial charge in [-0.05, 0) is 6.07 Å². The third-order valence-corrected chi connectivity index (χ3v) is 2.67. The molecule has 0 aliphatic carbocycles. The predicted octanol–water partition coefficient (Wildman–Crippen LogP) is 1.60. The van der Waals surface area contributed by atoms with Gasteiger partial charge in [-0.15, -0.1) is 0 Å². The number of hydrogen-bond donors (Lipinski definition) is 1. The second-order valence-corrected chi connectivity index (χ2v) is 3.90. The summed E-state index contributed by atoms with van der Waals surface area (Å²) in [6, 6.07) is 6.57. The maximum atomic E-state index is 13.6. The molecule has 90 valence electrons. The Morgan fingerprint density at radius 2 is 2.06 bits per heavy atom. The van der Waals surface area contributed by atoms with Gasteiger partial charge in [0.25, 0.3) is 0 Å². The fraction of sp³-hybridized carbons (Fsp3) is 0.0833. The van der Waals surface area contributed by atoms with Crippen molar-refractivity contribution in [1.82, 2.24) is 19.7 Å². The molecule has 0 fully saturated rings. The van der Waals surface area contributed by atoms with Gasteiger partial charge in [0, 0.05) is 11.8 Å². The number of aromatic nitrogens is 4. The summed E-state index contributed by atoms with van der Waals surface area (Å²) < 4.78 is 15.2. The van der Waals surface area contributed by atoms with E-state index in [1.165, 1.54) is 6.07 Å². The van der Waals surface area contributed by atoms with Crippen LogP contribution in [0.2, 0.25) is 0 Å². The fourth-order valence-corrected chi connectivity index (χ4v) is 1.78. The minimum Gasteiger partial charge on any atom is -0.368 e. The van der Waals surface area contributed by atoms with Crippen LogP contribution in [-0.2, 0) is 6.54 Å². The Morgan fingerprint density at radius 3 is 2.89 bits per heavy atom. The van der Waals surface area contributed by atoms with Crippen LogP contribution in [0.25, 0.3) is 11.0 Å². The van der Waals surface area contributed by atoms with E-state index in [1.807, 2.05) is 0 Å². The molecule has 0 unspecified atom stereocenters. The van der Waals surface area contributed by atoms with E-state index in [9.17, 15) is 4.39 Å². The number of benzene rings is 1. The van der Waals surface area contributed by atoms with Crippen molar-refractivity contribution in [3.05, 3.63) is 48.0 Å². The highest BCUT2D eigenvalue weighted by atomic mass is 19.1. The summed E-state index contributed by atoms with van der Waals surface area (Å²) in [6.45, 7) is 0.312. The van der Waals surface area contributed by atoms with Crippen LogP contribution in [0, 0.1) is 5.82 Å². The van der Waals surface area contributed by atoms with Gasteiger partial charge >= 0.3 is 0 Å². The third kappa shape index (κ3) is 1.77. The highest BCUT2D eigenvalue weighted by molar-refractivity contribution is 5.74. The Bertz CT molecular complexity index is 707. The number of nitrogens with zero attached hydrogens (tertiary/aromatic N) is 4. The van der Waals surface area contributed by atoms with Gasteiger partial charge in [0.2, 0.25) is 5.95 Å². The molecule has 0 bridgehead atoms. The molecular weight excluding hydrogens is 233 g/mol. The molecule has 0 amide bonds. The van der Waals surface area contributed by atoms with Gasteiger partial charge < -0.3 is 5.73 Å². The number of nitrogen functional groups attached to an aromatic ring is 1. The van der Waals surface area contributed by atoms with E-state index in [2.05, 4.69) is 15.1 Å². The molecule has 6 heteroatoms. The predicted molar refractivity (Wildman–Crippen MR) is 65.2 cm³/mol. The Balaban J connectivity index is 2.05. The van der Waals surface area contributed by atoms with Crippen molar-refractivity contribution in [1.29, 1.82) is 0 Å². The van der Waals surface area contributed by atoms with Crippen molar-refractivity contribution in [2.45, 2.75) is 6.54 Å². The van der Waals surface area contributed by atoms with Crippen molar-refractivity contribution in [3.63, 3.8) is 0 Å². The van der Waals surface area contributed by atoms with E-state index >= 15 is 0 Å². The number of fused-ring (bicyclic) bond motifs is 1. The second kappa shape index (κ2) is 4.06. The summed E-state index contributed by atoms with van der Waals surface area (Å²) in [7, 11) is 0. The standard InChI is InChI=1S/C12H10FN5/c13-10-4-2-1-3-8(10)7-18-11-9(6-16-18)5-15-12(14)17-11/h1-6H,7H2,(H2,14,15,17). The van der Waals surface area contributed by atoms with Crippen molar-refractivity contribution < 1.29 is 4.39 Å². The van der Waals surface area contributed by atoms with Crippen LogP contribution in [0.1, 0.15) is 5.56 Å². The molecule has 0 saturated heterocycles. The topological polar surface area (TPSA) is 69.6 Å². The first kappa shape index (κ1) is 10.6. The Labute approximate surface area is 102 Å². The maximum absolute atomic E-state index is 13.6. The normalized spacial score (nSPS) is 10.9. The molecule has 18 heavy (non-hydrogen) atoms. The number of halogens is 1. The summed E-state index contributed by atoms with van der Waals surface area (Å²) >= 11 is 0. The van der Waals surface area contributed by atoms with Crippen LogP contribution in [0.4, 0.5) is 10.3 Å². The van der Waals surface area contributed by atoms with Crippen LogP contribution in [0.3, 0.4) is 0 Å². The average Bonchev–Trinajstić information content (AvgIpc) is 2.75. The van der Waals surface area contributed by atoms with Gasteiger partial charge in [-0.25, -0.2) is 14.1 Å². The Kier molecular flexibility index (Phi) is 2.40. The van der Waals surface area contributed by atoms with Gasteiger partial charge in [-0.3, -0.25) is 0 Å². The molecule has 0 radical (unpaired) electrons. The number of nitrogens with two attached hydrogens (primary N) is 1. The Morgan fingerprint density at radius 1 is 1.22 bits per heavy atom. The average molecular weight is 243 g/mol. The minimum atomic E-state index is -0.261. The van der Waals surface area contributed by atoms with Crippen LogP contribution in [0.15, 0.2) is 36.7 Å². The van der Waals surface area contributed by atoms with Gasteiger partial charge in [-0.1, -0.05) is 18.2 Å². The zero-order chi connectivity index (χ0) is 12.5. The zero-order valence-corrected chi connectivity index (χ0v) is 9.42. The van der Waals surface area contributed by atoms with Crippen LogP contribution >= 0.6 is 0 Å². The second-order valence-electron chi connectivity index (χ2n) is 3.90. The van der Waals surface area contributed by atoms with Crippen molar-refractivity contribution in [2.75, 3.05) is 5.73 Å². The van der Waals surface area contributed by atoms with E-state index in [0.717, 1.165) is 5.39 Å². The molecule has 2 heterocycles. The van der Waals surface area contributed by atoms with Gasteiger partial charge in [-0.2, -0.15) is 10.1 Å². The lowest BCUT2D eigenvalue weighted by molar-refractivity contribution is 0.589. The lowest BCUT2D eigenvalue weighted by atomic mass is 10.2. The summed E-state index contributed by atoms with van der Waals surface area (Å²) in [4.78, 5) is 7.99. The third-order valence-electron chi connectivity index (χ3n) is 2.67. The summed E-state index contributed by atoms with van der Waals surface area (Å²) in [5, 5.41) is 4.94. The molecule has 2 aromatic heterocycles. The number of hydrogen-bond acceptors (Lipinski definition) is 4. The summed E-state index contributed by atoms with van der Waals surface area (Å²) in [5.41, 5.74) is 6.70. The quantitative estimate of drug-likeness (QED) is 0.742. The highest BCUT2D eigenvalue weighted by Gasteiger charge is 2.08. The molecule has 3 rings (SSSR count). The van der Waals surface area contributed by atoms with Crippen LogP contribution in [-0.4, -0.2) is 19.7 Å². The molecule has 3 aromatic rings. The molecule has 2 N–H and O–H groups in total. The molecule has 0 saturated carbocycles. The zero-order valence-electron chi connectivity index (χ0n) is 9.42. The largest absolute Gasteiger partial charge is 0.368 e. The summed E-state index contributed by atoms with van der Waals surface area (Å²) in [5.74, 6) is -0.0824. The van der Waals surface area contributed by atoms with E-state index < -0.39 is 0 Å². The minimum absolute atomic E-state index is 0.179. The van der Waals surface area contributed by atoms with E-state index in [-0.39, 0.29) is 11.8 Å². The van der Waals surface area contributed by atoms with Gasteiger partial charge in [0.15, 0.2) is 5.65 Å². The molecule has 1 aromatic carbocycles. The fourth-order valence-electron chi connectivity index (χ4n) is 1.78. The lowest BCUT2D eigenvalue weighted by Gasteiger charge is -2.04.